The van der Waals surface area contributed by atoms with E-state index in [4.69, 9.17) is 4.74 Å². The molecule has 2 heterocycles. The fourth-order valence-corrected chi connectivity index (χ4v) is 3.42. The topological polar surface area (TPSA) is 111 Å². The van der Waals surface area contributed by atoms with E-state index >= 15 is 0 Å². The number of sulfonamides is 1. The van der Waals surface area contributed by atoms with Crippen molar-refractivity contribution >= 4 is 16.0 Å². The molecule has 0 amide bonds. The quantitative estimate of drug-likeness (QED) is 0.754. The van der Waals surface area contributed by atoms with Gasteiger partial charge < -0.3 is 9.84 Å². The summed E-state index contributed by atoms with van der Waals surface area (Å²) in [6, 6.07) is 1.37. The summed E-state index contributed by atoms with van der Waals surface area (Å²) in [4.78, 5) is 11.3. The van der Waals surface area contributed by atoms with Crippen LogP contribution < -0.4 is 4.72 Å². The van der Waals surface area contributed by atoms with Crippen molar-refractivity contribution in [2.75, 3.05) is 13.2 Å². The number of aryl methyl sites for hydroxylation is 1. The van der Waals surface area contributed by atoms with Crippen LogP contribution in [0, 0.1) is 0 Å². The number of ether oxygens (including phenoxy) is 1. The maximum atomic E-state index is 12.2. The molecule has 1 unspecified atom stereocenters. The van der Waals surface area contributed by atoms with Crippen molar-refractivity contribution in [3.63, 3.8) is 0 Å². The van der Waals surface area contributed by atoms with Crippen LogP contribution in [0.15, 0.2) is 17.3 Å². The molecule has 1 aromatic rings. The van der Waals surface area contributed by atoms with Crippen molar-refractivity contribution in [3.8, 4) is 0 Å². The van der Waals surface area contributed by atoms with Crippen LogP contribution in [-0.4, -0.2) is 48.0 Å². The molecule has 20 heavy (non-hydrogen) atoms. The van der Waals surface area contributed by atoms with Crippen LogP contribution >= 0.6 is 0 Å². The smallest absolute Gasteiger partial charge is 0.337 e. The van der Waals surface area contributed by atoms with Gasteiger partial charge >= 0.3 is 5.97 Å². The molecular weight excluding hydrogens is 286 g/mol. The lowest BCUT2D eigenvalue weighted by atomic mass is 10.0. The van der Waals surface area contributed by atoms with Gasteiger partial charge in [-0.05, 0) is 25.8 Å². The fourth-order valence-electron chi connectivity index (χ4n) is 2.15. The van der Waals surface area contributed by atoms with Crippen LogP contribution in [0.2, 0.25) is 0 Å². The van der Waals surface area contributed by atoms with E-state index in [2.05, 4.69) is 9.82 Å². The van der Waals surface area contributed by atoms with E-state index in [0.29, 0.717) is 19.6 Å². The molecule has 0 bridgehead atoms. The van der Waals surface area contributed by atoms with Crippen molar-refractivity contribution < 1.29 is 23.1 Å². The summed E-state index contributed by atoms with van der Waals surface area (Å²) >= 11 is 0. The van der Waals surface area contributed by atoms with Crippen LogP contribution in [0.5, 0.6) is 0 Å². The Hall–Kier alpha value is -1.45. The number of aliphatic carboxylic acids is 1. The number of carboxylic acid groups (broad SMARTS) is 1. The SMILES string of the molecule is CCn1nccc1S(=O)(=O)NCC1(C(=O)O)CCCO1. The van der Waals surface area contributed by atoms with Crippen LogP contribution in [0.25, 0.3) is 0 Å². The summed E-state index contributed by atoms with van der Waals surface area (Å²) in [6.07, 6.45) is 2.27. The maximum Gasteiger partial charge on any atom is 0.337 e. The van der Waals surface area contributed by atoms with Gasteiger partial charge in [-0.1, -0.05) is 0 Å². The van der Waals surface area contributed by atoms with Gasteiger partial charge in [-0.25, -0.2) is 17.9 Å². The second kappa shape index (κ2) is 5.51. The van der Waals surface area contributed by atoms with Crippen LogP contribution in [0.3, 0.4) is 0 Å². The highest BCUT2D eigenvalue weighted by Crippen LogP contribution is 2.26. The molecule has 0 saturated carbocycles. The molecule has 0 radical (unpaired) electrons. The fraction of sp³-hybridized carbons (Fsp3) is 0.636. The Morgan fingerprint density at radius 2 is 2.40 bits per heavy atom. The maximum absolute atomic E-state index is 12.2. The van der Waals surface area contributed by atoms with E-state index in [1.165, 1.54) is 16.9 Å². The number of nitrogens with one attached hydrogen (secondary N) is 1. The highest BCUT2D eigenvalue weighted by atomic mass is 32.2. The minimum Gasteiger partial charge on any atom is -0.479 e. The Labute approximate surface area is 116 Å². The molecule has 0 spiro atoms. The zero-order valence-electron chi connectivity index (χ0n) is 11.1. The molecule has 112 valence electrons. The summed E-state index contributed by atoms with van der Waals surface area (Å²) in [5, 5.41) is 13.1. The van der Waals surface area contributed by atoms with Crippen LogP contribution in [0.1, 0.15) is 19.8 Å². The Kier molecular flexibility index (Phi) is 4.11. The molecule has 8 nitrogen and oxygen atoms in total. The summed E-state index contributed by atoms with van der Waals surface area (Å²) in [5.41, 5.74) is -1.47. The molecule has 1 fully saturated rings. The van der Waals surface area contributed by atoms with Crippen LogP contribution in [0.4, 0.5) is 0 Å². The normalized spacial score (nSPS) is 23.1. The summed E-state index contributed by atoms with van der Waals surface area (Å²) in [7, 11) is -3.81. The van der Waals surface area contributed by atoms with Crippen molar-refractivity contribution in [1.82, 2.24) is 14.5 Å². The average Bonchev–Trinajstić information content (AvgIpc) is 3.06. The molecule has 0 aromatic carbocycles. The number of carboxylic acids is 1. The number of carbonyl (C=O) groups is 1. The lowest BCUT2D eigenvalue weighted by Crippen LogP contribution is -2.48. The van der Waals surface area contributed by atoms with Crippen molar-refractivity contribution in [2.24, 2.45) is 0 Å². The van der Waals surface area contributed by atoms with E-state index in [0.717, 1.165) is 0 Å². The Morgan fingerprint density at radius 1 is 1.65 bits per heavy atom. The van der Waals surface area contributed by atoms with E-state index in [9.17, 15) is 18.3 Å². The second-order valence-electron chi connectivity index (χ2n) is 4.56. The molecule has 1 aliphatic rings. The lowest BCUT2D eigenvalue weighted by Gasteiger charge is -2.23. The van der Waals surface area contributed by atoms with Gasteiger partial charge in [0.2, 0.25) is 0 Å². The number of hydrogen-bond donors (Lipinski definition) is 2. The Morgan fingerprint density at radius 3 is 2.95 bits per heavy atom. The molecule has 9 heteroatoms. The van der Waals surface area contributed by atoms with Gasteiger partial charge in [-0.2, -0.15) is 5.10 Å². The summed E-state index contributed by atoms with van der Waals surface area (Å²) in [6.45, 7) is 2.20. The molecular formula is C11H17N3O5S. The first-order valence-electron chi connectivity index (χ1n) is 6.30. The number of nitrogens with zero attached hydrogens (tertiary/aromatic N) is 2. The molecule has 0 aliphatic carbocycles. The third-order valence-corrected chi connectivity index (χ3v) is 4.72. The third-order valence-electron chi connectivity index (χ3n) is 3.29. The number of hydrogen-bond acceptors (Lipinski definition) is 5. The molecule has 1 saturated heterocycles. The summed E-state index contributed by atoms with van der Waals surface area (Å²) < 4.78 is 33.2. The first-order chi connectivity index (χ1) is 9.41. The number of rotatable bonds is 6. The second-order valence-corrected chi connectivity index (χ2v) is 6.28. The van der Waals surface area contributed by atoms with E-state index in [-0.39, 0.29) is 18.0 Å². The molecule has 1 aliphatic heterocycles. The third kappa shape index (κ3) is 2.69. The Balaban J connectivity index is 2.15. The van der Waals surface area contributed by atoms with Crippen molar-refractivity contribution in [3.05, 3.63) is 12.3 Å². The van der Waals surface area contributed by atoms with E-state index in [1.54, 1.807) is 6.92 Å². The molecule has 2 N–H and O–H groups in total. The van der Waals surface area contributed by atoms with Gasteiger partial charge in [-0.3, -0.25) is 4.68 Å². The zero-order valence-corrected chi connectivity index (χ0v) is 11.9. The standard InChI is InChI=1S/C11H17N3O5S/c1-2-14-9(4-6-12-14)20(17,18)13-8-11(10(15)16)5-3-7-19-11/h4,6,13H,2-3,5,7-8H2,1H3,(H,15,16). The summed E-state index contributed by atoms with van der Waals surface area (Å²) in [5.74, 6) is -1.15. The molecule has 1 aromatic heterocycles. The van der Waals surface area contributed by atoms with Gasteiger partial charge in [0, 0.05) is 13.2 Å². The minimum atomic E-state index is -3.81. The largest absolute Gasteiger partial charge is 0.479 e. The zero-order chi connectivity index (χ0) is 14.8. The minimum absolute atomic E-state index is 0.0125. The molecule has 2 rings (SSSR count). The molecule has 1 atom stereocenters. The van der Waals surface area contributed by atoms with Crippen molar-refractivity contribution in [1.29, 1.82) is 0 Å². The van der Waals surface area contributed by atoms with Gasteiger partial charge in [-0.15, -0.1) is 0 Å². The first kappa shape index (κ1) is 14.9. The number of aromatic nitrogens is 2. The monoisotopic (exact) mass is 303 g/mol. The first-order valence-corrected chi connectivity index (χ1v) is 7.78. The predicted octanol–water partition coefficient (Wildman–Crippen LogP) is -0.185. The lowest BCUT2D eigenvalue weighted by molar-refractivity contribution is -0.159. The van der Waals surface area contributed by atoms with Gasteiger partial charge in [0.05, 0.1) is 12.7 Å². The van der Waals surface area contributed by atoms with Gasteiger partial charge in [0.15, 0.2) is 10.6 Å². The highest BCUT2D eigenvalue weighted by Gasteiger charge is 2.44. The highest BCUT2D eigenvalue weighted by molar-refractivity contribution is 7.89. The van der Waals surface area contributed by atoms with Gasteiger partial charge in [0.1, 0.15) is 0 Å². The average molecular weight is 303 g/mol. The van der Waals surface area contributed by atoms with E-state index in [1.807, 2.05) is 0 Å². The predicted molar refractivity (Wildman–Crippen MR) is 68.6 cm³/mol. The van der Waals surface area contributed by atoms with Gasteiger partial charge in [0.25, 0.3) is 10.0 Å². The Bertz CT molecular complexity index is 589. The van der Waals surface area contributed by atoms with Crippen LogP contribution in [-0.2, 0) is 26.1 Å². The van der Waals surface area contributed by atoms with E-state index < -0.39 is 21.6 Å². The van der Waals surface area contributed by atoms with Crippen molar-refractivity contribution in [2.45, 2.75) is 36.9 Å².